The summed E-state index contributed by atoms with van der Waals surface area (Å²) in [6.45, 7) is 0. The number of carboxylic acids is 1. The van der Waals surface area contributed by atoms with Crippen LogP contribution in [0.3, 0.4) is 0 Å². The summed E-state index contributed by atoms with van der Waals surface area (Å²) in [5.74, 6) is -2.82. The Morgan fingerprint density at radius 1 is 1.08 bits per heavy atom. The van der Waals surface area contributed by atoms with Crippen molar-refractivity contribution in [1.29, 1.82) is 0 Å². The molecular weight excluding hydrogens is 355 g/mol. The first-order valence-corrected chi connectivity index (χ1v) is 7.29. The number of hydrogen-bond donors (Lipinski definition) is 2. The molecule has 2 aromatic carbocycles. The molecule has 2 aromatic rings. The number of aliphatic carboxylic acids is 1. The van der Waals surface area contributed by atoms with Crippen LogP contribution in [0.15, 0.2) is 48.5 Å². The standard InChI is InChI=1S/C17H14F3NO5/c18-17(19,20)26-13-7-3-11(4-8-13)15(23)21-14(16(24)25)9-10-1-5-12(22)6-2-10/h1-8,14,22H,9H2,(H,21,23)(H,24,25)/p-1/t14-/m1/s1. The summed E-state index contributed by atoms with van der Waals surface area (Å²) >= 11 is 0. The molecule has 0 bridgehead atoms. The van der Waals surface area contributed by atoms with Gasteiger partial charge in [-0.2, -0.15) is 0 Å². The Morgan fingerprint density at radius 3 is 2.15 bits per heavy atom. The third-order valence-corrected chi connectivity index (χ3v) is 3.32. The quantitative estimate of drug-likeness (QED) is 0.803. The van der Waals surface area contributed by atoms with Gasteiger partial charge < -0.3 is 25.1 Å². The Bertz CT molecular complexity index is 772. The fourth-order valence-electron chi connectivity index (χ4n) is 2.11. The highest BCUT2D eigenvalue weighted by atomic mass is 19.4. The average Bonchev–Trinajstić information content (AvgIpc) is 2.55. The highest BCUT2D eigenvalue weighted by molar-refractivity contribution is 5.96. The molecule has 9 heteroatoms. The molecule has 6 nitrogen and oxygen atoms in total. The number of carbonyl (C=O) groups is 2. The summed E-state index contributed by atoms with van der Waals surface area (Å²) in [6, 6.07) is 8.37. The number of rotatable bonds is 6. The summed E-state index contributed by atoms with van der Waals surface area (Å²) in [6.07, 6.45) is -4.95. The molecule has 0 radical (unpaired) electrons. The normalized spacial score (nSPS) is 12.3. The van der Waals surface area contributed by atoms with Gasteiger partial charge in [-0.05, 0) is 48.4 Å². The number of halogens is 3. The second kappa shape index (κ2) is 7.77. The third kappa shape index (κ3) is 5.69. The van der Waals surface area contributed by atoms with E-state index in [1.807, 2.05) is 0 Å². The van der Waals surface area contributed by atoms with Gasteiger partial charge in [0.05, 0.1) is 12.0 Å². The topological polar surface area (TPSA) is 98.7 Å². The van der Waals surface area contributed by atoms with Crippen LogP contribution in [0.1, 0.15) is 15.9 Å². The minimum atomic E-state index is -4.85. The maximum absolute atomic E-state index is 12.1. The zero-order chi connectivity index (χ0) is 19.3. The molecule has 2 rings (SSSR count). The van der Waals surface area contributed by atoms with Crippen LogP contribution in [-0.4, -0.2) is 29.4 Å². The second-order valence-electron chi connectivity index (χ2n) is 5.29. The van der Waals surface area contributed by atoms with Crippen LogP contribution in [0.25, 0.3) is 0 Å². The summed E-state index contributed by atoms with van der Waals surface area (Å²) in [7, 11) is 0. The van der Waals surface area contributed by atoms with Crippen molar-refractivity contribution in [3.05, 3.63) is 59.7 Å². The van der Waals surface area contributed by atoms with Gasteiger partial charge in [-0.1, -0.05) is 12.1 Å². The van der Waals surface area contributed by atoms with E-state index in [0.717, 1.165) is 24.3 Å². The number of phenolic OH excluding ortho intramolecular Hbond substituents is 1. The number of hydrogen-bond acceptors (Lipinski definition) is 5. The number of aromatic hydroxyl groups is 1. The van der Waals surface area contributed by atoms with Crippen LogP contribution in [0.2, 0.25) is 0 Å². The predicted molar refractivity (Wildman–Crippen MR) is 81.2 cm³/mol. The van der Waals surface area contributed by atoms with Gasteiger partial charge in [0.1, 0.15) is 11.5 Å². The predicted octanol–water partition coefficient (Wildman–Crippen LogP) is 1.38. The Balaban J connectivity index is 2.05. The number of carboxylic acid groups (broad SMARTS) is 1. The van der Waals surface area contributed by atoms with E-state index in [0.29, 0.717) is 5.56 Å². The lowest BCUT2D eigenvalue weighted by Gasteiger charge is -2.20. The molecule has 2 N–H and O–H groups in total. The molecule has 1 atom stereocenters. The van der Waals surface area contributed by atoms with Crippen LogP contribution in [0.4, 0.5) is 13.2 Å². The lowest BCUT2D eigenvalue weighted by molar-refractivity contribution is -0.308. The maximum atomic E-state index is 12.1. The fraction of sp³-hybridized carbons (Fsp3) is 0.176. The Labute approximate surface area is 145 Å². The zero-order valence-corrected chi connectivity index (χ0v) is 13.1. The minimum Gasteiger partial charge on any atom is -0.548 e. The van der Waals surface area contributed by atoms with E-state index in [-0.39, 0.29) is 17.7 Å². The van der Waals surface area contributed by atoms with E-state index in [1.54, 1.807) is 0 Å². The molecule has 0 unspecified atom stereocenters. The number of carbonyl (C=O) groups excluding carboxylic acids is 2. The number of ether oxygens (including phenoxy) is 1. The number of nitrogens with one attached hydrogen (secondary N) is 1. The average molecular weight is 368 g/mol. The lowest BCUT2D eigenvalue weighted by Crippen LogP contribution is -2.49. The molecule has 1 amide bonds. The second-order valence-corrected chi connectivity index (χ2v) is 5.29. The van der Waals surface area contributed by atoms with Crippen molar-refractivity contribution >= 4 is 11.9 Å². The van der Waals surface area contributed by atoms with E-state index in [1.165, 1.54) is 24.3 Å². The summed E-state index contributed by atoms with van der Waals surface area (Å²) in [5.41, 5.74) is 0.489. The molecule has 0 saturated carbocycles. The van der Waals surface area contributed by atoms with Crippen molar-refractivity contribution in [2.75, 3.05) is 0 Å². The molecular formula is C17H13F3NO5-. The molecule has 138 valence electrons. The molecule has 0 aliphatic rings. The van der Waals surface area contributed by atoms with Crippen molar-refractivity contribution in [2.24, 2.45) is 0 Å². The van der Waals surface area contributed by atoms with Gasteiger partial charge in [-0.25, -0.2) is 0 Å². The summed E-state index contributed by atoms with van der Waals surface area (Å²) in [5, 5.41) is 22.7. The molecule has 0 saturated heterocycles. The van der Waals surface area contributed by atoms with Gasteiger partial charge in [0.2, 0.25) is 0 Å². The van der Waals surface area contributed by atoms with E-state index in [9.17, 15) is 33.0 Å². The smallest absolute Gasteiger partial charge is 0.548 e. The minimum absolute atomic E-state index is 0.00366. The Kier molecular flexibility index (Phi) is 5.71. The maximum Gasteiger partial charge on any atom is 0.573 e. The monoisotopic (exact) mass is 368 g/mol. The number of amides is 1. The SMILES string of the molecule is O=C(N[C@H](Cc1ccc(O)cc1)C(=O)[O-])c1ccc(OC(F)(F)F)cc1. The lowest BCUT2D eigenvalue weighted by atomic mass is 10.1. The van der Waals surface area contributed by atoms with Gasteiger partial charge in [-0.15, -0.1) is 13.2 Å². The molecule has 0 fully saturated rings. The first-order chi connectivity index (χ1) is 12.1. The van der Waals surface area contributed by atoms with Crippen LogP contribution >= 0.6 is 0 Å². The first-order valence-electron chi connectivity index (χ1n) is 7.29. The highest BCUT2D eigenvalue weighted by Gasteiger charge is 2.31. The van der Waals surface area contributed by atoms with E-state index < -0.39 is 30.0 Å². The van der Waals surface area contributed by atoms with Gasteiger partial charge >= 0.3 is 6.36 Å². The summed E-state index contributed by atoms with van der Waals surface area (Å²) < 4.78 is 40.0. The molecule has 0 aliphatic carbocycles. The van der Waals surface area contributed by atoms with E-state index in [2.05, 4.69) is 10.1 Å². The van der Waals surface area contributed by atoms with Crippen molar-refractivity contribution in [3.63, 3.8) is 0 Å². The Morgan fingerprint density at radius 2 is 1.65 bits per heavy atom. The first kappa shape index (κ1) is 19.1. The zero-order valence-electron chi connectivity index (χ0n) is 13.1. The largest absolute Gasteiger partial charge is 0.573 e. The number of alkyl halides is 3. The van der Waals surface area contributed by atoms with E-state index in [4.69, 9.17) is 0 Å². The van der Waals surface area contributed by atoms with Gasteiger partial charge in [0, 0.05) is 5.56 Å². The summed E-state index contributed by atoms with van der Waals surface area (Å²) in [4.78, 5) is 23.3. The molecule has 0 heterocycles. The molecule has 0 aromatic heterocycles. The van der Waals surface area contributed by atoms with Crippen LogP contribution in [0, 0.1) is 0 Å². The third-order valence-electron chi connectivity index (χ3n) is 3.32. The van der Waals surface area contributed by atoms with Crippen molar-refractivity contribution < 1.29 is 37.7 Å². The molecule has 0 aliphatic heterocycles. The van der Waals surface area contributed by atoms with Gasteiger partial charge in [0.25, 0.3) is 5.91 Å². The fourth-order valence-corrected chi connectivity index (χ4v) is 2.11. The Hall–Kier alpha value is -3.23. The van der Waals surface area contributed by atoms with Gasteiger partial charge in [0.15, 0.2) is 0 Å². The van der Waals surface area contributed by atoms with Crippen LogP contribution < -0.4 is 15.2 Å². The highest BCUT2D eigenvalue weighted by Crippen LogP contribution is 2.22. The van der Waals surface area contributed by atoms with Gasteiger partial charge in [-0.3, -0.25) is 4.79 Å². The number of phenols is 1. The van der Waals surface area contributed by atoms with Crippen LogP contribution in [0.5, 0.6) is 11.5 Å². The van der Waals surface area contributed by atoms with Crippen molar-refractivity contribution in [1.82, 2.24) is 5.32 Å². The number of benzene rings is 2. The molecule has 26 heavy (non-hydrogen) atoms. The molecule has 0 spiro atoms. The van der Waals surface area contributed by atoms with Crippen molar-refractivity contribution in [3.8, 4) is 11.5 Å². The van der Waals surface area contributed by atoms with Crippen molar-refractivity contribution in [2.45, 2.75) is 18.8 Å². The van der Waals surface area contributed by atoms with E-state index >= 15 is 0 Å². The van der Waals surface area contributed by atoms with Crippen LogP contribution in [-0.2, 0) is 11.2 Å².